The summed E-state index contributed by atoms with van der Waals surface area (Å²) in [4.78, 5) is 12.5. The molecule has 1 aliphatic carbocycles. The number of aliphatic hydroxyl groups excluding tert-OH is 1. The van der Waals surface area contributed by atoms with Gasteiger partial charge in [-0.3, -0.25) is 0 Å². The smallest absolute Gasteiger partial charge is 0.416 e. The number of fused-ring (bicyclic) bond motifs is 3. The minimum absolute atomic E-state index is 0.0610. The molecule has 166 valence electrons. The molecular weight excluding hydrogens is 419 g/mol. The van der Waals surface area contributed by atoms with Gasteiger partial charge < -0.3 is 15.2 Å². The van der Waals surface area contributed by atoms with Crippen molar-refractivity contribution in [3.8, 4) is 11.1 Å². The molecule has 0 radical (unpaired) electrons. The minimum atomic E-state index is -4.50. The Morgan fingerprint density at radius 3 is 2.19 bits per heavy atom. The molecule has 4 rings (SSSR count). The number of nitrogens with one attached hydrogen (secondary N) is 1. The standard InChI is InChI=1S/C25H22F3NO3/c26-25(27,28)17-7-5-6-16(14-17)23(12-13-30)29-24(31)32-15-22-20-10-3-1-8-18(20)19-9-2-4-11-21(19)22/h1-11,14,22-23,30H,12-13,15H2,(H,29,31)/t23-/m0/s1. The summed E-state index contributed by atoms with van der Waals surface area (Å²) in [5.74, 6) is -0.127. The lowest BCUT2D eigenvalue weighted by atomic mass is 9.98. The molecule has 0 heterocycles. The highest BCUT2D eigenvalue weighted by atomic mass is 19.4. The van der Waals surface area contributed by atoms with Gasteiger partial charge in [-0.1, -0.05) is 60.7 Å². The summed E-state index contributed by atoms with van der Waals surface area (Å²) in [5.41, 5.74) is 3.76. The number of carbonyl (C=O) groups excluding carboxylic acids is 1. The van der Waals surface area contributed by atoms with E-state index in [1.54, 1.807) is 0 Å². The molecule has 0 unspecified atom stereocenters. The number of carbonyl (C=O) groups is 1. The Kier molecular flexibility index (Phi) is 6.19. The van der Waals surface area contributed by atoms with E-state index >= 15 is 0 Å². The van der Waals surface area contributed by atoms with Crippen molar-refractivity contribution >= 4 is 6.09 Å². The Balaban J connectivity index is 1.47. The van der Waals surface area contributed by atoms with E-state index in [0.717, 1.165) is 34.4 Å². The van der Waals surface area contributed by atoms with Gasteiger partial charge in [0.25, 0.3) is 0 Å². The fraction of sp³-hybridized carbons (Fsp3) is 0.240. The van der Waals surface area contributed by atoms with Crippen LogP contribution in [0.3, 0.4) is 0 Å². The monoisotopic (exact) mass is 441 g/mol. The van der Waals surface area contributed by atoms with Crippen molar-refractivity contribution in [2.24, 2.45) is 0 Å². The summed E-state index contributed by atoms with van der Waals surface area (Å²) < 4.78 is 44.6. The molecule has 0 saturated carbocycles. The number of hydrogen-bond donors (Lipinski definition) is 2. The highest BCUT2D eigenvalue weighted by Gasteiger charge is 2.32. The molecule has 32 heavy (non-hydrogen) atoms. The third-order valence-electron chi connectivity index (χ3n) is 5.67. The van der Waals surface area contributed by atoms with E-state index in [0.29, 0.717) is 0 Å². The van der Waals surface area contributed by atoms with Crippen LogP contribution in [-0.4, -0.2) is 24.4 Å². The predicted octanol–water partition coefficient (Wildman–Crippen LogP) is 5.67. The van der Waals surface area contributed by atoms with Crippen molar-refractivity contribution in [1.82, 2.24) is 5.32 Å². The van der Waals surface area contributed by atoms with Gasteiger partial charge in [0.15, 0.2) is 0 Å². The maximum atomic E-state index is 13.1. The van der Waals surface area contributed by atoms with Gasteiger partial charge in [-0.2, -0.15) is 13.2 Å². The third kappa shape index (κ3) is 4.48. The SMILES string of the molecule is O=C(N[C@@H](CCO)c1cccc(C(F)(F)F)c1)OCC1c2ccccc2-c2ccccc21. The lowest BCUT2D eigenvalue weighted by Crippen LogP contribution is -2.31. The average Bonchev–Trinajstić information content (AvgIpc) is 3.11. The van der Waals surface area contributed by atoms with Crippen LogP contribution in [0.25, 0.3) is 11.1 Å². The molecule has 0 aromatic heterocycles. The second kappa shape index (κ2) is 9.04. The van der Waals surface area contributed by atoms with Gasteiger partial charge in [-0.25, -0.2) is 4.79 Å². The Bertz CT molecular complexity index is 1070. The number of amides is 1. The first-order chi connectivity index (χ1) is 15.4. The Hall–Kier alpha value is -3.32. The van der Waals surface area contributed by atoms with Crippen LogP contribution in [0.2, 0.25) is 0 Å². The van der Waals surface area contributed by atoms with Crippen LogP contribution < -0.4 is 5.32 Å². The fourth-order valence-electron chi connectivity index (χ4n) is 4.17. The summed E-state index contributed by atoms with van der Waals surface area (Å²) in [7, 11) is 0. The highest BCUT2D eigenvalue weighted by molar-refractivity contribution is 5.79. The van der Waals surface area contributed by atoms with Gasteiger partial charge in [0.1, 0.15) is 6.61 Å². The summed E-state index contributed by atoms with van der Waals surface area (Å²) in [5, 5.41) is 11.9. The van der Waals surface area contributed by atoms with Crippen LogP contribution in [0.15, 0.2) is 72.8 Å². The molecule has 0 bridgehead atoms. The molecular formula is C25H22F3NO3. The van der Waals surface area contributed by atoms with Crippen LogP contribution in [0.4, 0.5) is 18.0 Å². The Morgan fingerprint density at radius 1 is 0.969 bits per heavy atom. The summed E-state index contributed by atoms with van der Waals surface area (Å²) in [6.07, 6.45) is -5.18. The zero-order valence-electron chi connectivity index (χ0n) is 17.1. The highest BCUT2D eigenvalue weighted by Crippen LogP contribution is 2.44. The van der Waals surface area contributed by atoms with Crippen molar-refractivity contribution in [3.05, 3.63) is 95.1 Å². The van der Waals surface area contributed by atoms with E-state index in [-0.39, 0.29) is 31.1 Å². The number of aliphatic hydroxyl groups is 1. The van der Waals surface area contributed by atoms with E-state index in [2.05, 4.69) is 5.32 Å². The molecule has 1 amide bonds. The van der Waals surface area contributed by atoms with Gasteiger partial charge in [-0.15, -0.1) is 0 Å². The van der Waals surface area contributed by atoms with E-state index in [9.17, 15) is 23.1 Å². The first-order valence-corrected chi connectivity index (χ1v) is 10.3. The molecule has 0 spiro atoms. The fourth-order valence-corrected chi connectivity index (χ4v) is 4.17. The summed E-state index contributed by atoms with van der Waals surface area (Å²) >= 11 is 0. The number of alkyl halides is 3. The Labute approximate surface area is 183 Å². The molecule has 3 aromatic rings. The van der Waals surface area contributed by atoms with Crippen LogP contribution >= 0.6 is 0 Å². The molecule has 4 nitrogen and oxygen atoms in total. The first-order valence-electron chi connectivity index (χ1n) is 10.3. The molecule has 0 saturated heterocycles. The molecule has 3 aromatic carbocycles. The largest absolute Gasteiger partial charge is 0.449 e. The normalized spacial score (nSPS) is 13.9. The van der Waals surface area contributed by atoms with Crippen molar-refractivity contribution < 1.29 is 27.8 Å². The number of halogens is 3. The molecule has 0 fully saturated rings. The maximum absolute atomic E-state index is 13.1. The lowest BCUT2D eigenvalue weighted by Gasteiger charge is -2.20. The predicted molar refractivity (Wildman–Crippen MR) is 114 cm³/mol. The third-order valence-corrected chi connectivity index (χ3v) is 5.67. The molecule has 1 atom stereocenters. The number of hydrogen-bond acceptors (Lipinski definition) is 3. The number of ether oxygens (including phenoxy) is 1. The topological polar surface area (TPSA) is 58.6 Å². The van der Waals surface area contributed by atoms with Crippen molar-refractivity contribution in [1.29, 1.82) is 0 Å². The molecule has 1 aliphatic rings. The van der Waals surface area contributed by atoms with Crippen LogP contribution in [0.1, 0.15) is 40.6 Å². The summed E-state index contributed by atoms with van der Waals surface area (Å²) in [6.45, 7) is -0.209. The van der Waals surface area contributed by atoms with Crippen molar-refractivity contribution in [2.75, 3.05) is 13.2 Å². The summed E-state index contributed by atoms with van der Waals surface area (Å²) in [6, 6.07) is 19.7. The van der Waals surface area contributed by atoms with E-state index in [1.807, 2.05) is 48.5 Å². The number of rotatable bonds is 6. The zero-order valence-corrected chi connectivity index (χ0v) is 17.1. The van der Waals surface area contributed by atoms with Gasteiger partial charge in [0.05, 0.1) is 11.6 Å². The second-order valence-electron chi connectivity index (χ2n) is 7.66. The molecule has 0 aliphatic heterocycles. The first kappa shape index (κ1) is 21.9. The zero-order chi connectivity index (χ0) is 22.7. The van der Waals surface area contributed by atoms with Gasteiger partial charge in [-0.05, 0) is 46.4 Å². The van der Waals surface area contributed by atoms with E-state index in [4.69, 9.17) is 4.74 Å². The van der Waals surface area contributed by atoms with Gasteiger partial charge >= 0.3 is 12.3 Å². The quantitative estimate of drug-likeness (QED) is 0.518. The average molecular weight is 441 g/mol. The Morgan fingerprint density at radius 2 is 1.59 bits per heavy atom. The number of alkyl carbamates (subject to hydrolysis) is 1. The molecule has 2 N–H and O–H groups in total. The van der Waals surface area contributed by atoms with Gasteiger partial charge in [0.2, 0.25) is 0 Å². The van der Waals surface area contributed by atoms with Gasteiger partial charge in [0, 0.05) is 12.5 Å². The van der Waals surface area contributed by atoms with Crippen LogP contribution in [0.5, 0.6) is 0 Å². The minimum Gasteiger partial charge on any atom is -0.449 e. The van der Waals surface area contributed by atoms with Crippen molar-refractivity contribution in [3.63, 3.8) is 0 Å². The maximum Gasteiger partial charge on any atom is 0.416 e. The van der Waals surface area contributed by atoms with Crippen LogP contribution in [0, 0.1) is 0 Å². The molecule has 7 heteroatoms. The van der Waals surface area contributed by atoms with Crippen LogP contribution in [-0.2, 0) is 10.9 Å². The second-order valence-corrected chi connectivity index (χ2v) is 7.66. The van der Waals surface area contributed by atoms with E-state index in [1.165, 1.54) is 12.1 Å². The van der Waals surface area contributed by atoms with E-state index < -0.39 is 23.9 Å². The lowest BCUT2D eigenvalue weighted by molar-refractivity contribution is -0.137. The number of benzene rings is 3. The van der Waals surface area contributed by atoms with Crippen molar-refractivity contribution in [2.45, 2.75) is 24.6 Å².